The van der Waals surface area contributed by atoms with Crippen molar-refractivity contribution >= 4 is 49.2 Å². The van der Waals surface area contributed by atoms with E-state index in [0.29, 0.717) is 0 Å². The maximum absolute atomic E-state index is 4.47. The van der Waals surface area contributed by atoms with E-state index in [1.165, 1.54) is 55.0 Å². The Kier molecular flexibility index (Phi) is 7.14. The van der Waals surface area contributed by atoms with Crippen molar-refractivity contribution < 1.29 is 0 Å². The first kappa shape index (κ1) is 29.5. The van der Waals surface area contributed by atoms with Gasteiger partial charge >= 0.3 is 0 Å². The lowest BCUT2D eigenvalue weighted by molar-refractivity contribution is 1.17. The van der Waals surface area contributed by atoms with Crippen LogP contribution in [0.25, 0.3) is 82.8 Å². The van der Waals surface area contributed by atoms with Crippen LogP contribution in [0.4, 0.5) is 0 Å². The number of nitrogens with zero attached hydrogens (tertiary/aromatic N) is 2. The van der Waals surface area contributed by atoms with Gasteiger partial charge in [-0.05, 0) is 82.4 Å². The molecule has 0 fully saturated rings. The first-order valence-corrected chi connectivity index (χ1v) is 17.0. The van der Waals surface area contributed by atoms with Gasteiger partial charge < -0.3 is 9.13 Å². The molecule has 0 unspecified atom stereocenters. The smallest absolute Gasteiger partial charge is 0.0546 e. The molecule has 0 amide bonds. The summed E-state index contributed by atoms with van der Waals surface area (Å²) in [7, 11) is 0. The van der Waals surface area contributed by atoms with Gasteiger partial charge in [0.25, 0.3) is 0 Å². The van der Waals surface area contributed by atoms with Crippen molar-refractivity contribution in [2.75, 3.05) is 0 Å². The highest BCUT2D eigenvalue weighted by Crippen LogP contribution is 2.40. The maximum atomic E-state index is 4.47. The largest absolute Gasteiger partial charge is 0.309 e. The highest BCUT2D eigenvalue weighted by molar-refractivity contribution is 6.13. The number of aromatic nitrogens is 2. The van der Waals surface area contributed by atoms with E-state index in [-0.39, 0.29) is 0 Å². The molecule has 0 radical (unpaired) electrons. The molecule has 9 rings (SSSR count). The van der Waals surface area contributed by atoms with Crippen LogP contribution in [0, 0.1) is 0 Å². The first-order chi connectivity index (χ1) is 24.7. The maximum Gasteiger partial charge on any atom is 0.0546 e. The first-order valence-electron chi connectivity index (χ1n) is 17.0. The lowest BCUT2D eigenvalue weighted by atomic mass is 9.98. The molecule has 0 atom stereocenters. The second-order valence-electron chi connectivity index (χ2n) is 12.7. The normalized spacial score (nSPS) is 11.7. The third-order valence-electron chi connectivity index (χ3n) is 9.82. The van der Waals surface area contributed by atoms with Crippen LogP contribution in [0.5, 0.6) is 0 Å². The third-order valence-corrected chi connectivity index (χ3v) is 9.82. The van der Waals surface area contributed by atoms with E-state index in [4.69, 9.17) is 0 Å². The zero-order valence-electron chi connectivity index (χ0n) is 27.6. The number of allylic oxidation sites excluding steroid dienone is 4. The number of para-hydroxylation sites is 3. The molecule has 0 aliphatic carbocycles. The Hall–Kier alpha value is -6.64. The molecule has 0 saturated carbocycles. The molecule has 0 N–H and O–H groups in total. The molecule has 0 aliphatic rings. The van der Waals surface area contributed by atoms with Crippen LogP contribution in [0.2, 0.25) is 0 Å². The lowest BCUT2D eigenvalue weighted by Gasteiger charge is -2.16. The van der Waals surface area contributed by atoms with Crippen LogP contribution >= 0.6 is 0 Å². The van der Waals surface area contributed by atoms with Crippen LogP contribution in [0.3, 0.4) is 0 Å². The number of benzene rings is 7. The van der Waals surface area contributed by atoms with Crippen molar-refractivity contribution in [1.82, 2.24) is 9.13 Å². The van der Waals surface area contributed by atoms with Crippen LogP contribution in [0.1, 0.15) is 5.56 Å². The Morgan fingerprint density at radius 3 is 1.58 bits per heavy atom. The van der Waals surface area contributed by atoms with Gasteiger partial charge in [-0.1, -0.05) is 141 Å². The van der Waals surface area contributed by atoms with E-state index in [9.17, 15) is 0 Å². The average molecular weight is 639 g/mol. The van der Waals surface area contributed by atoms with Gasteiger partial charge in [0, 0.05) is 32.8 Å². The summed E-state index contributed by atoms with van der Waals surface area (Å²) in [5, 5.41) is 4.93. The second kappa shape index (κ2) is 12.1. The van der Waals surface area contributed by atoms with Crippen molar-refractivity contribution in [2.24, 2.45) is 0 Å². The zero-order valence-corrected chi connectivity index (χ0v) is 27.6. The van der Waals surface area contributed by atoms with Gasteiger partial charge in [-0.2, -0.15) is 0 Å². The molecule has 2 heteroatoms. The van der Waals surface area contributed by atoms with Crippen molar-refractivity contribution in [1.29, 1.82) is 0 Å². The summed E-state index contributed by atoms with van der Waals surface area (Å²) in [5.41, 5.74) is 13.7. The lowest BCUT2D eigenvalue weighted by Crippen LogP contribution is -1.99. The molecule has 7 aromatic carbocycles. The van der Waals surface area contributed by atoms with Gasteiger partial charge in [0.1, 0.15) is 0 Å². The standard InChI is InChI=1S/C48H34N2/c1-3-4-15-33(2)39-27-24-37(34-16-7-5-8-17-34)32-48(39)50-45-23-14-12-21-41(45)43-31-36(26-29-47(43)50)35-25-28-46-42(30-35)40-20-11-13-22-44(40)49(46)38-18-9-6-10-19-38/h3-32H,1-2H2/b15-4-. The summed E-state index contributed by atoms with van der Waals surface area (Å²) in [6, 6.07) is 59.1. The molecule has 2 aromatic heterocycles. The van der Waals surface area contributed by atoms with Gasteiger partial charge in [0.05, 0.1) is 27.8 Å². The Labute approximate surface area is 291 Å². The molecular weight excluding hydrogens is 605 g/mol. The van der Waals surface area contributed by atoms with E-state index in [1.807, 2.05) is 12.2 Å². The summed E-state index contributed by atoms with van der Waals surface area (Å²) < 4.78 is 4.77. The van der Waals surface area contributed by atoms with E-state index < -0.39 is 0 Å². The zero-order chi connectivity index (χ0) is 33.6. The van der Waals surface area contributed by atoms with Crippen LogP contribution in [-0.2, 0) is 0 Å². The van der Waals surface area contributed by atoms with Crippen molar-refractivity contribution in [3.63, 3.8) is 0 Å². The van der Waals surface area contributed by atoms with Gasteiger partial charge in [0.15, 0.2) is 0 Å². The number of rotatable bonds is 7. The second-order valence-corrected chi connectivity index (χ2v) is 12.7. The summed E-state index contributed by atoms with van der Waals surface area (Å²) in [4.78, 5) is 0. The summed E-state index contributed by atoms with van der Waals surface area (Å²) >= 11 is 0. The Bertz CT molecular complexity index is 2770. The fourth-order valence-corrected chi connectivity index (χ4v) is 7.49. The fraction of sp³-hybridized carbons (Fsp3) is 0. The minimum atomic E-state index is 0.935. The predicted octanol–water partition coefficient (Wildman–Crippen LogP) is 13.0. The van der Waals surface area contributed by atoms with Crippen molar-refractivity contribution in [3.8, 4) is 33.6 Å². The van der Waals surface area contributed by atoms with Crippen LogP contribution in [0.15, 0.2) is 195 Å². The molecule has 2 heterocycles. The molecule has 0 aliphatic heterocycles. The van der Waals surface area contributed by atoms with Gasteiger partial charge in [-0.3, -0.25) is 0 Å². The Morgan fingerprint density at radius 2 is 0.940 bits per heavy atom. The van der Waals surface area contributed by atoms with Crippen molar-refractivity contribution in [3.05, 3.63) is 201 Å². The third kappa shape index (κ3) is 4.81. The Morgan fingerprint density at radius 1 is 0.440 bits per heavy atom. The summed E-state index contributed by atoms with van der Waals surface area (Å²) in [6.07, 6.45) is 5.77. The monoisotopic (exact) mass is 638 g/mol. The molecule has 50 heavy (non-hydrogen) atoms. The molecule has 236 valence electrons. The van der Waals surface area contributed by atoms with E-state index >= 15 is 0 Å². The molecule has 0 saturated heterocycles. The minimum absolute atomic E-state index is 0.935. The fourth-order valence-electron chi connectivity index (χ4n) is 7.49. The summed E-state index contributed by atoms with van der Waals surface area (Å²) in [6.45, 7) is 8.35. The van der Waals surface area contributed by atoms with Crippen LogP contribution < -0.4 is 0 Å². The van der Waals surface area contributed by atoms with Crippen LogP contribution in [-0.4, -0.2) is 9.13 Å². The van der Waals surface area contributed by atoms with Gasteiger partial charge in [0.2, 0.25) is 0 Å². The quantitative estimate of drug-likeness (QED) is 0.154. The predicted molar refractivity (Wildman–Crippen MR) is 214 cm³/mol. The number of hydrogen-bond donors (Lipinski definition) is 0. The van der Waals surface area contributed by atoms with Gasteiger partial charge in [-0.25, -0.2) is 0 Å². The molecule has 0 spiro atoms. The minimum Gasteiger partial charge on any atom is -0.309 e. The summed E-state index contributed by atoms with van der Waals surface area (Å²) in [5.74, 6) is 0. The van der Waals surface area contributed by atoms with Crippen molar-refractivity contribution in [2.45, 2.75) is 0 Å². The van der Waals surface area contributed by atoms with Gasteiger partial charge in [-0.15, -0.1) is 0 Å². The van der Waals surface area contributed by atoms with E-state index in [0.717, 1.165) is 33.4 Å². The highest BCUT2D eigenvalue weighted by Gasteiger charge is 2.18. The SMILES string of the molecule is C=C/C=C\C(=C)c1ccc(-c2ccccc2)cc1-n1c2ccccc2c2cc(-c3ccc4c(c3)c3ccccc3n4-c3ccccc3)ccc21. The highest BCUT2D eigenvalue weighted by atomic mass is 15.0. The molecule has 0 bridgehead atoms. The Balaban J connectivity index is 1.25. The van der Waals surface area contributed by atoms with E-state index in [2.05, 4.69) is 186 Å². The number of hydrogen-bond acceptors (Lipinski definition) is 0. The van der Waals surface area contributed by atoms with E-state index in [1.54, 1.807) is 6.08 Å². The average Bonchev–Trinajstić information content (AvgIpc) is 3.69. The molecule has 2 nitrogen and oxygen atoms in total. The molecule has 9 aromatic rings. The number of fused-ring (bicyclic) bond motifs is 6. The topological polar surface area (TPSA) is 9.86 Å². The molecular formula is C48H34N2.